The highest BCUT2D eigenvalue weighted by Gasteiger charge is 2.03. The first-order chi connectivity index (χ1) is 5.24. The Morgan fingerprint density at radius 1 is 1.55 bits per heavy atom. The van der Waals surface area contributed by atoms with Crippen LogP contribution in [0, 0.1) is 16.7 Å². The molecule has 0 aromatic heterocycles. The molecule has 0 heterocycles. The second-order valence-electron chi connectivity index (χ2n) is 1.98. The van der Waals surface area contributed by atoms with E-state index in [9.17, 15) is 10.1 Å². The second kappa shape index (κ2) is 3.12. The zero-order valence-electron chi connectivity index (χ0n) is 5.60. The summed E-state index contributed by atoms with van der Waals surface area (Å²) >= 11 is 0. The van der Waals surface area contributed by atoms with Crippen LogP contribution in [-0.4, -0.2) is 10.0 Å². The van der Waals surface area contributed by atoms with Gasteiger partial charge < -0.3 is 5.11 Å². The molecular formula is C7H6NO3. The van der Waals surface area contributed by atoms with Gasteiger partial charge in [-0.3, -0.25) is 10.1 Å². The lowest BCUT2D eigenvalue weighted by molar-refractivity contribution is -0.384. The Hall–Kier alpha value is -1.42. The van der Waals surface area contributed by atoms with Crippen molar-refractivity contribution in [1.82, 2.24) is 0 Å². The fraction of sp³-hybridized carbons (Fsp3) is 0. The highest BCUT2D eigenvalue weighted by Crippen LogP contribution is 2.12. The van der Waals surface area contributed by atoms with Crippen molar-refractivity contribution in [3.05, 3.63) is 46.6 Å². The van der Waals surface area contributed by atoms with Gasteiger partial charge >= 0.3 is 0 Å². The average molecular weight is 152 g/mol. The minimum absolute atomic E-state index is 0.0206. The zero-order chi connectivity index (χ0) is 8.27. The van der Waals surface area contributed by atoms with Gasteiger partial charge in [-0.25, -0.2) is 0 Å². The summed E-state index contributed by atoms with van der Waals surface area (Å²) in [5.74, 6) is 0. The van der Waals surface area contributed by atoms with Crippen molar-refractivity contribution in [1.29, 1.82) is 0 Å². The third kappa shape index (κ3) is 1.75. The molecule has 1 rings (SSSR count). The molecule has 4 nitrogen and oxygen atoms in total. The summed E-state index contributed by atoms with van der Waals surface area (Å²) < 4.78 is 0. The monoisotopic (exact) mass is 152 g/mol. The number of nitro benzene ring substituents is 1. The van der Waals surface area contributed by atoms with Crippen molar-refractivity contribution in [2.75, 3.05) is 0 Å². The molecule has 0 aliphatic heterocycles. The van der Waals surface area contributed by atoms with Crippen molar-refractivity contribution in [2.45, 2.75) is 0 Å². The third-order valence-electron chi connectivity index (χ3n) is 1.23. The van der Waals surface area contributed by atoms with Crippen molar-refractivity contribution >= 4 is 5.69 Å². The van der Waals surface area contributed by atoms with Crippen LogP contribution in [-0.2, 0) is 0 Å². The number of rotatable bonds is 2. The average Bonchev–Trinajstić information content (AvgIpc) is 2.05. The van der Waals surface area contributed by atoms with E-state index in [0.717, 1.165) is 6.61 Å². The Bertz CT molecular complexity index is 272. The van der Waals surface area contributed by atoms with E-state index in [0.29, 0.717) is 5.56 Å². The van der Waals surface area contributed by atoms with Crippen LogP contribution in [0.1, 0.15) is 5.56 Å². The predicted octanol–water partition coefficient (Wildman–Crippen LogP) is 1.48. The van der Waals surface area contributed by atoms with Crippen LogP contribution in [0.15, 0.2) is 24.3 Å². The number of hydrogen-bond acceptors (Lipinski definition) is 3. The first-order valence-electron chi connectivity index (χ1n) is 2.96. The van der Waals surface area contributed by atoms with Gasteiger partial charge in [0.1, 0.15) is 6.61 Å². The minimum Gasteiger partial charge on any atom is -0.385 e. The molecule has 0 bridgehead atoms. The fourth-order valence-electron chi connectivity index (χ4n) is 0.719. The van der Waals surface area contributed by atoms with E-state index in [4.69, 9.17) is 5.11 Å². The Balaban J connectivity index is 3.01. The molecule has 0 aliphatic rings. The van der Waals surface area contributed by atoms with Gasteiger partial charge in [0.2, 0.25) is 0 Å². The van der Waals surface area contributed by atoms with Crippen molar-refractivity contribution < 1.29 is 10.0 Å². The number of nitro groups is 1. The van der Waals surface area contributed by atoms with Crippen LogP contribution >= 0.6 is 0 Å². The largest absolute Gasteiger partial charge is 0.385 e. The maximum atomic E-state index is 10.2. The highest BCUT2D eigenvalue weighted by atomic mass is 16.6. The molecule has 0 saturated heterocycles. The number of hydrogen-bond donors (Lipinski definition) is 1. The van der Waals surface area contributed by atoms with E-state index in [-0.39, 0.29) is 5.69 Å². The first kappa shape index (κ1) is 7.68. The zero-order valence-corrected chi connectivity index (χ0v) is 5.60. The molecule has 4 heteroatoms. The number of benzene rings is 1. The Morgan fingerprint density at radius 3 is 2.82 bits per heavy atom. The molecule has 0 amide bonds. The number of nitrogens with zero attached hydrogens (tertiary/aromatic N) is 1. The van der Waals surface area contributed by atoms with Crippen LogP contribution < -0.4 is 0 Å². The Morgan fingerprint density at radius 2 is 2.27 bits per heavy atom. The van der Waals surface area contributed by atoms with Gasteiger partial charge in [-0.1, -0.05) is 12.1 Å². The lowest BCUT2D eigenvalue weighted by Gasteiger charge is -1.93. The second-order valence-corrected chi connectivity index (χ2v) is 1.98. The van der Waals surface area contributed by atoms with Crippen LogP contribution in [0.2, 0.25) is 0 Å². The van der Waals surface area contributed by atoms with Crippen LogP contribution in [0.4, 0.5) is 5.69 Å². The van der Waals surface area contributed by atoms with Gasteiger partial charge in [-0.2, -0.15) is 0 Å². The molecule has 0 fully saturated rings. The summed E-state index contributed by atoms with van der Waals surface area (Å²) in [4.78, 5) is 9.67. The third-order valence-corrected chi connectivity index (χ3v) is 1.23. The molecule has 1 N–H and O–H groups in total. The molecule has 0 atom stereocenters. The lowest BCUT2D eigenvalue weighted by atomic mass is 10.2. The smallest absolute Gasteiger partial charge is 0.269 e. The standard InChI is InChI=1S/C7H6NO3/c9-5-6-2-1-3-7(4-6)8(10)11/h1-5,9H. The van der Waals surface area contributed by atoms with E-state index < -0.39 is 4.92 Å². The van der Waals surface area contributed by atoms with Gasteiger partial charge in [0.15, 0.2) is 0 Å². The summed E-state index contributed by atoms with van der Waals surface area (Å²) in [6.07, 6.45) is 0. The molecule has 1 radical (unpaired) electrons. The Labute approximate surface area is 63.2 Å². The summed E-state index contributed by atoms with van der Waals surface area (Å²) in [5, 5.41) is 18.7. The molecule has 57 valence electrons. The van der Waals surface area contributed by atoms with E-state index in [1.807, 2.05) is 0 Å². The van der Waals surface area contributed by atoms with Gasteiger partial charge in [-0.05, 0) is 5.56 Å². The van der Waals surface area contributed by atoms with Crippen molar-refractivity contribution in [2.24, 2.45) is 0 Å². The minimum atomic E-state index is -0.507. The topological polar surface area (TPSA) is 63.4 Å². The number of aliphatic hydroxyl groups is 1. The normalized spacial score (nSPS) is 9.55. The maximum Gasteiger partial charge on any atom is 0.269 e. The summed E-state index contributed by atoms with van der Waals surface area (Å²) in [6.45, 7) is 0.826. The van der Waals surface area contributed by atoms with Crippen LogP contribution in [0.3, 0.4) is 0 Å². The summed E-state index contributed by atoms with van der Waals surface area (Å²) in [7, 11) is 0. The molecule has 0 aliphatic carbocycles. The number of aliphatic hydroxyl groups excluding tert-OH is 1. The summed E-state index contributed by atoms with van der Waals surface area (Å²) in [5.41, 5.74) is 0.409. The molecule has 0 saturated carbocycles. The Kier molecular flexibility index (Phi) is 2.18. The van der Waals surface area contributed by atoms with E-state index >= 15 is 0 Å². The van der Waals surface area contributed by atoms with Crippen LogP contribution in [0.5, 0.6) is 0 Å². The molecule has 0 spiro atoms. The molecule has 1 aromatic carbocycles. The maximum absolute atomic E-state index is 10.2. The van der Waals surface area contributed by atoms with Crippen molar-refractivity contribution in [3.8, 4) is 0 Å². The van der Waals surface area contributed by atoms with E-state index in [2.05, 4.69) is 0 Å². The first-order valence-corrected chi connectivity index (χ1v) is 2.96. The van der Waals surface area contributed by atoms with Gasteiger partial charge in [0.05, 0.1) is 4.92 Å². The van der Waals surface area contributed by atoms with Gasteiger partial charge in [0, 0.05) is 12.1 Å². The quantitative estimate of drug-likeness (QED) is 0.515. The predicted molar refractivity (Wildman–Crippen MR) is 38.4 cm³/mol. The van der Waals surface area contributed by atoms with Crippen LogP contribution in [0.25, 0.3) is 0 Å². The van der Waals surface area contributed by atoms with Crippen molar-refractivity contribution in [3.63, 3.8) is 0 Å². The highest BCUT2D eigenvalue weighted by molar-refractivity contribution is 5.36. The lowest BCUT2D eigenvalue weighted by Crippen LogP contribution is -1.88. The van der Waals surface area contributed by atoms with E-state index in [1.165, 1.54) is 18.2 Å². The SMILES string of the molecule is O=[N+]([O-])c1cccc([CH]O)c1. The summed E-state index contributed by atoms with van der Waals surface area (Å²) in [6, 6.07) is 5.75. The van der Waals surface area contributed by atoms with Gasteiger partial charge in [0.25, 0.3) is 5.69 Å². The molecule has 11 heavy (non-hydrogen) atoms. The molecule has 1 aromatic rings. The number of non-ortho nitro benzene ring substituents is 1. The van der Waals surface area contributed by atoms with Gasteiger partial charge in [-0.15, -0.1) is 0 Å². The molecular weight excluding hydrogens is 146 g/mol. The van der Waals surface area contributed by atoms with E-state index in [1.54, 1.807) is 6.07 Å². The molecule has 0 unspecified atom stereocenters. The fourth-order valence-corrected chi connectivity index (χ4v) is 0.719.